The summed E-state index contributed by atoms with van der Waals surface area (Å²) in [6, 6.07) is 4.10. The highest BCUT2D eigenvalue weighted by Gasteiger charge is 2.54. The summed E-state index contributed by atoms with van der Waals surface area (Å²) in [5.74, 6) is -6.77. The fourth-order valence-corrected chi connectivity index (χ4v) is 1.78. The third kappa shape index (κ3) is 8.96. The van der Waals surface area contributed by atoms with Crippen molar-refractivity contribution in [2.45, 2.75) is 25.7 Å². The second-order valence-corrected chi connectivity index (χ2v) is 5.00. The Balaban J connectivity index is 0.000000422. The van der Waals surface area contributed by atoms with Gasteiger partial charge in [0, 0.05) is 18.3 Å². The second kappa shape index (κ2) is 8.65. The van der Waals surface area contributed by atoms with Gasteiger partial charge in [-0.3, -0.25) is 14.4 Å². The number of thiophene rings is 1. The molecule has 0 aliphatic carbocycles. The second-order valence-electron chi connectivity index (χ2n) is 3.97. The largest absolute Gasteiger partial charge is 0.458 e. The maximum absolute atomic E-state index is 11.2. The molecule has 130 valence electrons. The number of hydrogen-bond donors (Lipinski definition) is 1. The number of rotatable bonds is 4. The SMILES string of the molecule is CC(=O)NCCc1cccs1.O=C(C(=O)C(F)(F)F)C(F)(F)F. The van der Waals surface area contributed by atoms with E-state index >= 15 is 0 Å². The minimum absolute atomic E-state index is 0.0431. The van der Waals surface area contributed by atoms with E-state index in [1.54, 1.807) is 11.3 Å². The third-order valence-electron chi connectivity index (χ3n) is 2.05. The molecule has 0 fully saturated rings. The van der Waals surface area contributed by atoms with E-state index in [0.29, 0.717) is 0 Å². The molecule has 4 nitrogen and oxygen atoms in total. The molecule has 0 unspecified atom stereocenters. The van der Waals surface area contributed by atoms with Gasteiger partial charge in [0.15, 0.2) is 0 Å². The Labute approximate surface area is 130 Å². The molecule has 0 spiro atoms. The van der Waals surface area contributed by atoms with Crippen molar-refractivity contribution in [2.24, 2.45) is 0 Å². The van der Waals surface area contributed by atoms with Crippen LogP contribution in [-0.2, 0) is 20.8 Å². The van der Waals surface area contributed by atoms with E-state index in [0.717, 1.165) is 13.0 Å². The highest BCUT2D eigenvalue weighted by molar-refractivity contribution is 7.09. The smallest absolute Gasteiger partial charge is 0.356 e. The van der Waals surface area contributed by atoms with Gasteiger partial charge in [-0.1, -0.05) is 6.07 Å². The summed E-state index contributed by atoms with van der Waals surface area (Å²) < 4.78 is 67.0. The number of Topliss-reactive ketones (excluding diaryl/α,β-unsaturated/α-hetero) is 2. The van der Waals surface area contributed by atoms with Gasteiger partial charge in [-0.05, 0) is 17.9 Å². The molecule has 0 bridgehead atoms. The van der Waals surface area contributed by atoms with Gasteiger partial charge < -0.3 is 5.32 Å². The molecular weight excluding hydrogens is 352 g/mol. The quantitative estimate of drug-likeness (QED) is 0.661. The van der Waals surface area contributed by atoms with Gasteiger partial charge in [-0.25, -0.2) is 0 Å². The molecule has 0 aliphatic rings. The molecule has 0 aromatic carbocycles. The zero-order valence-corrected chi connectivity index (χ0v) is 12.4. The summed E-state index contributed by atoms with van der Waals surface area (Å²) in [5, 5.41) is 4.80. The predicted molar refractivity (Wildman–Crippen MR) is 68.8 cm³/mol. The van der Waals surface area contributed by atoms with E-state index in [4.69, 9.17) is 0 Å². The molecule has 1 aromatic rings. The van der Waals surface area contributed by atoms with Crippen molar-refractivity contribution in [3.63, 3.8) is 0 Å². The van der Waals surface area contributed by atoms with Crippen LogP contribution in [0.2, 0.25) is 0 Å². The Hall–Kier alpha value is -1.91. The number of hydrogen-bond acceptors (Lipinski definition) is 4. The molecule has 0 atom stereocenters. The Bertz CT molecular complexity index is 512. The molecule has 1 amide bonds. The lowest BCUT2D eigenvalue weighted by molar-refractivity contribution is -0.193. The lowest BCUT2D eigenvalue weighted by Crippen LogP contribution is -2.39. The summed E-state index contributed by atoms with van der Waals surface area (Å²) in [4.78, 5) is 31.0. The predicted octanol–water partition coefficient (Wildman–Crippen LogP) is 2.68. The van der Waals surface area contributed by atoms with Gasteiger partial charge in [-0.2, -0.15) is 26.3 Å². The fourth-order valence-electron chi connectivity index (χ4n) is 1.07. The van der Waals surface area contributed by atoms with Crippen LogP contribution in [0, 0.1) is 0 Å². The zero-order valence-electron chi connectivity index (χ0n) is 11.5. The first-order valence-corrected chi connectivity index (χ1v) is 6.73. The van der Waals surface area contributed by atoms with Gasteiger partial charge in [0.1, 0.15) is 0 Å². The van der Waals surface area contributed by atoms with E-state index in [-0.39, 0.29) is 5.91 Å². The minimum atomic E-state index is -5.77. The molecule has 1 heterocycles. The monoisotopic (exact) mass is 363 g/mol. The Kier molecular flexibility index (Phi) is 7.93. The summed E-state index contributed by atoms with van der Waals surface area (Å²) >= 11 is 1.72. The van der Waals surface area contributed by atoms with Crippen molar-refractivity contribution in [2.75, 3.05) is 6.54 Å². The first-order valence-electron chi connectivity index (χ1n) is 5.85. The number of carbonyl (C=O) groups excluding carboxylic acids is 3. The molecule has 0 radical (unpaired) electrons. The van der Waals surface area contributed by atoms with Crippen molar-refractivity contribution in [3.05, 3.63) is 22.4 Å². The molecule has 11 heteroatoms. The first-order chi connectivity index (χ1) is 10.4. The molecule has 1 N–H and O–H groups in total. The van der Waals surface area contributed by atoms with Crippen LogP contribution >= 0.6 is 11.3 Å². The molecule has 1 rings (SSSR count). The highest BCUT2D eigenvalue weighted by atomic mass is 32.1. The number of ketones is 2. The average molecular weight is 363 g/mol. The van der Waals surface area contributed by atoms with Crippen molar-refractivity contribution in [1.82, 2.24) is 5.32 Å². The van der Waals surface area contributed by atoms with Crippen molar-refractivity contribution < 1.29 is 40.7 Å². The normalized spacial score (nSPS) is 11.3. The van der Waals surface area contributed by atoms with E-state index in [1.165, 1.54) is 11.8 Å². The number of carbonyl (C=O) groups is 3. The Morgan fingerprint density at radius 2 is 1.52 bits per heavy atom. The molecule has 23 heavy (non-hydrogen) atoms. The van der Waals surface area contributed by atoms with Crippen LogP contribution in [0.5, 0.6) is 0 Å². The summed E-state index contributed by atoms with van der Waals surface area (Å²) in [6.45, 7) is 2.28. The van der Waals surface area contributed by atoms with Crippen LogP contribution in [0.4, 0.5) is 26.3 Å². The van der Waals surface area contributed by atoms with Crippen LogP contribution in [0.25, 0.3) is 0 Å². The molecule has 0 saturated heterocycles. The van der Waals surface area contributed by atoms with E-state index in [1.807, 2.05) is 11.4 Å². The van der Waals surface area contributed by atoms with Crippen molar-refractivity contribution >= 4 is 28.8 Å². The standard InChI is InChI=1S/C8H11NOS.C4F6O2/c1-7(10)9-5-4-8-3-2-6-11-8;5-3(6,7)1(11)2(12)4(8,9)10/h2-3,6H,4-5H2,1H3,(H,9,10);. The minimum Gasteiger partial charge on any atom is -0.356 e. The Morgan fingerprint density at radius 1 is 1.04 bits per heavy atom. The third-order valence-corrected chi connectivity index (χ3v) is 2.98. The molecule has 1 aromatic heterocycles. The molecule has 0 saturated carbocycles. The van der Waals surface area contributed by atoms with Gasteiger partial charge in [0.05, 0.1) is 0 Å². The maximum atomic E-state index is 11.2. The van der Waals surface area contributed by atoms with Gasteiger partial charge in [0.2, 0.25) is 5.91 Å². The number of halogens is 6. The number of amides is 1. The zero-order chi connectivity index (χ0) is 18.3. The lowest BCUT2D eigenvalue weighted by atomic mass is 10.2. The van der Waals surface area contributed by atoms with Crippen LogP contribution in [0.15, 0.2) is 17.5 Å². The topological polar surface area (TPSA) is 63.2 Å². The molecular formula is C12H11F6NO3S. The maximum Gasteiger partial charge on any atom is 0.458 e. The van der Waals surface area contributed by atoms with E-state index < -0.39 is 23.9 Å². The summed E-state index contributed by atoms with van der Waals surface area (Å²) in [6.07, 6.45) is -10.6. The van der Waals surface area contributed by atoms with Crippen LogP contribution in [-0.4, -0.2) is 36.4 Å². The fraction of sp³-hybridized carbons (Fsp3) is 0.417. The number of alkyl halides is 6. The average Bonchev–Trinajstić information content (AvgIpc) is 2.88. The molecule has 0 aliphatic heterocycles. The van der Waals surface area contributed by atoms with Crippen LogP contribution < -0.4 is 5.32 Å². The van der Waals surface area contributed by atoms with Crippen LogP contribution in [0.1, 0.15) is 11.8 Å². The lowest BCUT2D eigenvalue weighted by Gasteiger charge is -2.05. The first kappa shape index (κ1) is 21.1. The van der Waals surface area contributed by atoms with Gasteiger partial charge in [-0.15, -0.1) is 11.3 Å². The van der Waals surface area contributed by atoms with E-state index in [9.17, 15) is 40.7 Å². The number of nitrogens with one attached hydrogen (secondary N) is 1. The van der Waals surface area contributed by atoms with Crippen molar-refractivity contribution in [1.29, 1.82) is 0 Å². The van der Waals surface area contributed by atoms with Crippen LogP contribution in [0.3, 0.4) is 0 Å². The van der Waals surface area contributed by atoms with Crippen molar-refractivity contribution in [3.8, 4) is 0 Å². The van der Waals surface area contributed by atoms with E-state index in [2.05, 4.69) is 11.4 Å². The van der Waals surface area contributed by atoms with Gasteiger partial charge in [0.25, 0.3) is 0 Å². The van der Waals surface area contributed by atoms with Gasteiger partial charge >= 0.3 is 23.9 Å². The summed E-state index contributed by atoms with van der Waals surface area (Å²) in [5.41, 5.74) is 0. The highest BCUT2D eigenvalue weighted by Crippen LogP contribution is 2.23. The Morgan fingerprint density at radius 3 is 1.83 bits per heavy atom. The summed E-state index contributed by atoms with van der Waals surface area (Å²) in [7, 11) is 0.